The number of carbonyl (C=O) groups excluding carboxylic acids is 1. The molecule has 0 heterocycles. The van der Waals surface area contributed by atoms with Gasteiger partial charge in [0, 0.05) is 12.6 Å². The molecule has 0 aromatic heterocycles. The van der Waals surface area contributed by atoms with Crippen LogP contribution >= 0.6 is 0 Å². The van der Waals surface area contributed by atoms with E-state index in [-0.39, 0.29) is 19.2 Å². The maximum absolute atomic E-state index is 11.5. The fraction of sp³-hybridized carbons (Fsp3) is 0.500. The van der Waals surface area contributed by atoms with Gasteiger partial charge >= 0.3 is 5.97 Å². The minimum Gasteiger partial charge on any atom is -0.465 e. The van der Waals surface area contributed by atoms with E-state index in [2.05, 4.69) is 15.4 Å². The van der Waals surface area contributed by atoms with Crippen LogP contribution in [0.5, 0.6) is 0 Å². The molecule has 0 spiro atoms. The molecule has 6 nitrogen and oxygen atoms in total. The molecule has 0 aliphatic heterocycles. The number of nitrogens with one attached hydrogen (secondary N) is 2. The summed E-state index contributed by atoms with van der Waals surface area (Å²) in [5.74, 6) is -0.424. The Kier molecular flexibility index (Phi) is 6.27. The van der Waals surface area contributed by atoms with Gasteiger partial charge in [0.2, 0.25) is 0 Å². The number of hydrogen-bond donors (Lipinski definition) is 4. The quantitative estimate of drug-likeness (QED) is 0.559. The molecule has 1 rings (SSSR count). The Balaban J connectivity index is 2.96. The van der Waals surface area contributed by atoms with E-state index in [1.54, 1.807) is 18.2 Å². The highest BCUT2D eigenvalue weighted by atomic mass is 16.5. The van der Waals surface area contributed by atoms with E-state index in [9.17, 15) is 9.90 Å². The summed E-state index contributed by atoms with van der Waals surface area (Å²) in [5.41, 5.74) is 1.91. The Labute approximate surface area is 118 Å². The molecule has 1 aromatic carbocycles. The van der Waals surface area contributed by atoms with Gasteiger partial charge in [-0.1, -0.05) is 0 Å². The average molecular weight is 282 g/mol. The van der Waals surface area contributed by atoms with E-state index in [1.807, 2.05) is 13.8 Å². The number of hydrogen-bond acceptors (Lipinski definition) is 6. The van der Waals surface area contributed by atoms with Crippen LogP contribution in [0.3, 0.4) is 0 Å². The van der Waals surface area contributed by atoms with Crippen LogP contribution in [0.15, 0.2) is 18.2 Å². The highest BCUT2D eigenvalue weighted by Crippen LogP contribution is 2.24. The number of ether oxygens (including phenoxy) is 1. The molecule has 0 aliphatic rings. The van der Waals surface area contributed by atoms with Crippen molar-refractivity contribution in [2.45, 2.75) is 26.0 Å². The molecule has 0 bridgehead atoms. The first kappa shape index (κ1) is 16.3. The number of carbonyl (C=O) groups is 1. The second-order valence-corrected chi connectivity index (χ2v) is 4.77. The normalized spacial score (nSPS) is 12.1. The summed E-state index contributed by atoms with van der Waals surface area (Å²) in [6.07, 6.45) is -0.858. The molecule has 0 amide bonds. The van der Waals surface area contributed by atoms with Crippen LogP contribution in [0.4, 0.5) is 11.4 Å². The van der Waals surface area contributed by atoms with Gasteiger partial charge in [-0.3, -0.25) is 0 Å². The summed E-state index contributed by atoms with van der Waals surface area (Å²) >= 11 is 0. The molecule has 1 unspecified atom stereocenters. The van der Waals surface area contributed by atoms with Crippen molar-refractivity contribution in [3.63, 3.8) is 0 Å². The van der Waals surface area contributed by atoms with Crippen molar-refractivity contribution in [1.82, 2.24) is 0 Å². The summed E-state index contributed by atoms with van der Waals surface area (Å²) in [7, 11) is 1.32. The van der Waals surface area contributed by atoms with Crippen LogP contribution in [0.2, 0.25) is 0 Å². The molecule has 4 N–H and O–H groups in total. The highest BCUT2D eigenvalue weighted by molar-refractivity contribution is 5.92. The van der Waals surface area contributed by atoms with Gasteiger partial charge in [0.25, 0.3) is 0 Å². The van der Waals surface area contributed by atoms with Crippen LogP contribution in [-0.2, 0) is 4.74 Å². The molecular weight excluding hydrogens is 260 g/mol. The number of aliphatic hydroxyl groups excluding tert-OH is 2. The zero-order chi connectivity index (χ0) is 15.1. The van der Waals surface area contributed by atoms with Crippen molar-refractivity contribution in [2.75, 3.05) is 30.9 Å². The Morgan fingerprint density at radius 3 is 2.60 bits per heavy atom. The fourth-order valence-corrected chi connectivity index (χ4v) is 1.66. The minimum atomic E-state index is -0.858. The van der Waals surface area contributed by atoms with Crippen LogP contribution < -0.4 is 10.6 Å². The van der Waals surface area contributed by atoms with Crippen molar-refractivity contribution in [2.24, 2.45) is 0 Å². The number of esters is 1. The first-order chi connectivity index (χ1) is 9.47. The molecule has 20 heavy (non-hydrogen) atoms. The lowest BCUT2D eigenvalue weighted by molar-refractivity contribution is 0.0601. The van der Waals surface area contributed by atoms with E-state index in [0.29, 0.717) is 11.3 Å². The van der Waals surface area contributed by atoms with Crippen molar-refractivity contribution in [3.05, 3.63) is 23.8 Å². The van der Waals surface area contributed by atoms with Gasteiger partial charge in [-0.25, -0.2) is 4.79 Å². The SMILES string of the molecule is COC(=O)c1ccc(NC(C)C)c(NCC(O)CO)c1. The predicted octanol–water partition coefficient (Wildman–Crippen LogP) is 1.06. The molecule has 1 aromatic rings. The average Bonchev–Trinajstić information content (AvgIpc) is 2.44. The highest BCUT2D eigenvalue weighted by Gasteiger charge is 2.11. The molecule has 0 radical (unpaired) electrons. The zero-order valence-corrected chi connectivity index (χ0v) is 12.0. The van der Waals surface area contributed by atoms with Gasteiger partial charge in [0.15, 0.2) is 0 Å². The molecule has 0 saturated heterocycles. The fourth-order valence-electron chi connectivity index (χ4n) is 1.66. The first-order valence-electron chi connectivity index (χ1n) is 6.49. The smallest absolute Gasteiger partial charge is 0.337 e. The standard InChI is InChI=1S/C14H22N2O4/c1-9(2)16-12-5-4-10(14(19)20-3)6-13(12)15-7-11(18)8-17/h4-6,9,11,15-18H,7-8H2,1-3H3. The number of anilines is 2. The number of rotatable bonds is 7. The molecule has 1 atom stereocenters. The summed E-state index contributed by atoms with van der Waals surface area (Å²) in [6, 6.07) is 5.33. The second-order valence-electron chi connectivity index (χ2n) is 4.77. The summed E-state index contributed by atoms with van der Waals surface area (Å²) in [4.78, 5) is 11.5. The minimum absolute atomic E-state index is 0.188. The first-order valence-corrected chi connectivity index (χ1v) is 6.49. The number of benzene rings is 1. The van der Waals surface area contributed by atoms with Crippen LogP contribution in [-0.4, -0.2) is 48.6 Å². The largest absolute Gasteiger partial charge is 0.465 e. The van der Waals surface area contributed by atoms with E-state index >= 15 is 0 Å². The molecule has 0 saturated carbocycles. The third kappa shape index (κ3) is 4.71. The third-order valence-corrected chi connectivity index (χ3v) is 2.62. The topological polar surface area (TPSA) is 90.8 Å². The van der Waals surface area contributed by atoms with Gasteiger partial charge in [-0.15, -0.1) is 0 Å². The van der Waals surface area contributed by atoms with Gasteiger partial charge in [0.1, 0.15) is 0 Å². The van der Waals surface area contributed by atoms with Crippen LogP contribution in [0, 0.1) is 0 Å². The van der Waals surface area contributed by atoms with Gasteiger partial charge in [0.05, 0.1) is 36.8 Å². The Bertz CT molecular complexity index is 449. The van der Waals surface area contributed by atoms with E-state index in [1.165, 1.54) is 7.11 Å². The Morgan fingerprint density at radius 1 is 1.35 bits per heavy atom. The van der Waals surface area contributed by atoms with Crippen molar-refractivity contribution >= 4 is 17.3 Å². The van der Waals surface area contributed by atoms with Crippen molar-refractivity contribution in [1.29, 1.82) is 0 Å². The van der Waals surface area contributed by atoms with Gasteiger partial charge < -0.3 is 25.6 Å². The van der Waals surface area contributed by atoms with Crippen LogP contribution in [0.25, 0.3) is 0 Å². The lowest BCUT2D eigenvalue weighted by Gasteiger charge is -2.18. The van der Waals surface area contributed by atoms with E-state index in [0.717, 1.165) is 5.69 Å². The van der Waals surface area contributed by atoms with E-state index in [4.69, 9.17) is 5.11 Å². The van der Waals surface area contributed by atoms with Crippen molar-refractivity contribution in [3.8, 4) is 0 Å². The van der Waals surface area contributed by atoms with E-state index < -0.39 is 12.1 Å². The summed E-state index contributed by atoms with van der Waals surface area (Å²) in [6.45, 7) is 3.87. The van der Waals surface area contributed by atoms with Crippen molar-refractivity contribution < 1.29 is 19.7 Å². The maximum atomic E-state index is 11.5. The number of aliphatic hydroxyl groups is 2. The molecule has 0 fully saturated rings. The zero-order valence-electron chi connectivity index (χ0n) is 12.0. The monoisotopic (exact) mass is 282 g/mol. The third-order valence-electron chi connectivity index (χ3n) is 2.62. The van der Waals surface area contributed by atoms with Gasteiger partial charge in [-0.05, 0) is 32.0 Å². The van der Waals surface area contributed by atoms with Gasteiger partial charge in [-0.2, -0.15) is 0 Å². The molecule has 112 valence electrons. The predicted molar refractivity (Wildman–Crippen MR) is 78.1 cm³/mol. The maximum Gasteiger partial charge on any atom is 0.337 e. The molecule has 0 aliphatic carbocycles. The molecular formula is C14H22N2O4. The summed E-state index contributed by atoms with van der Waals surface area (Å²) in [5, 5.41) is 24.5. The Morgan fingerprint density at radius 2 is 2.05 bits per heavy atom. The Hall–Kier alpha value is -1.79. The lowest BCUT2D eigenvalue weighted by Crippen LogP contribution is -2.24. The number of methoxy groups -OCH3 is 1. The molecule has 6 heteroatoms. The second kappa shape index (κ2) is 7.72. The van der Waals surface area contributed by atoms with Crippen LogP contribution in [0.1, 0.15) is 24.2 Å². The lowest BCUT2D eigenvalue weighted by atomic mass is 10.1. The summed E-state index contributed by atoms with van der Waals surface area (Å²) < 4.78 is 4.68.